The van der Waals surface area contributed by atoms with Crippen LogP contribution in [0.15, 0.2) is 48.5 Å². The third-order valence-electron chi connectivity index (χ3n) is 3.19. The second-order valence-corrected chi connectivity index (χ2v) is 6.33. The van der Waals surface area contributed by atoms with Crippen molar-refractivity contribution in [2.45, 2.75) is 0 Å². The number of nitrogens with two attached hydrogens (primary N) is 1. The summed E-state index contributed by atoms with van der Waals surface area (Å²) in [5.74, 6) is -1.43. The number of amides is 1. The van der Waals surface area contributed by atoms with E-state index in [0.29, 0.717) is 5.69 Å². The van der Waals surface area contributed by atoms with Crippen LogP contribution in [0.25, 0.3) is 20.2 Å². The first-order valence-electron chi connectivity index (χ1n) is 6.80. The van der Waals surface area contributed by atoms with E-state index in [1.807, 2.05) is 42.5 Å². The molecule has 2 aromatic heterocycles. The molecule has 7 nitrogen and oxygen atoms in total. The molecule has 1 amide bonds. The molecule has 4 aromatic rings. The van der Waals surface area contributed by atoms with Gasteiger partial charge in [0.15, 0.2) is 5.69 Å². The maximum absolute atomic E-state index is 10.8. The Kier molecular flexibility index (Phi) is 8.28. The molecule has 2 aromatic carbocycles. The average molecular weight is 397 g/mol. The van der Waals surface area contributed by atoms with Crippen LogP contribution >= 0.6 is 23.1 Å². The predicted octanol–water partition coefficient (Wildman–Crippen LogP) is 0.217. The van der Waals surface area contributed by atoms with Crippen molar-refractivity contribution in [1.29, 1.82) is 0 Å². The van der Waals surface area contributed by atoms with Gasteiger partial charge in [0.05, 0.1) is 9.40 Å². The Morgan fingerprint density at radius 1 is 0.846 bits per heavy atom. The zero-order valence-electron chi connectivity index (χ0n) is 13.6. The molecule has 0 spiro atoms. The number of nitrogens with zero attached hydrogens (tertiary/aromatic N) is 2. The van der Waals surface area contributed by atoms with Crippen molar-refractivity contribution in [3.05, 3.63) is 59.9 Å². The zero-order chi connectivity index (χ0) is 17.1. The molecule has 128 valence electrons. The second-order valence-electron chi connectivity index (χ2n) is 4.72. The molecule has 4 N–H and O–H groups in total. The summed E-state index contributed by atoms with van der Waals surface area (Å²) in [7, 11) is 0. The van der Waals surface area contributed by atoms with Crippen molar-refractivity contribution in [1.82, 2.24) is 8.75 Å². The molecule has 0 saturated heterocycles. The number of carboxylic acids is 1. The third-order valence-corrected chi connectivity index (χ3v) is 4.84. The number of hydrogen-bond acceptors (Lipinski definition) is 7. The number of carbonyl (C=O) groups excluding carboxylic acids is 1. The molecule has 0 bridgehead atoms. The van der Waals surface area contributed by atoms with Crippen molar-refractivity contribution in [3.63, 3.8) is 0 Å². The van der Waals surface area contributed by atoms with E-state index in [4.69, 9.17) is 10.8 Å². The SMILES string of the molecule is NC(=O)c1nsc2ccccc12.O=C(O)c1nsc2ccccc12.[Na+].[OH-]. The molecule has 0 aliphatic rings. The quantitative estimate of drug-likeness (QED) is 0.464. The van der Waals surface area contributed by atoms with E-state index in [0.717, 1.165) is 20.2 Å². The van der Waals surface area contributed by atoms with Gasteiger partial charge in [-0.3, -0.25) is 4.79 Å². The predicted molar refractivity (Wildman–Crippen MR) is 96.7 cm³/mol. The smallest absolute Gasteiger partial charge is 0.870 e. The van der Waals surface area contributed by atoms with Crippen LogP contribution in [-0.4, -0.2) is 31.2 Å². The van der Waals surface area contributed by atoms with Crippen LogP contribution in [0.4, 0.5) is 0 Å². The van der Waals surface area contributed by atoms with Gasteiger partial charge in [0.1, 0.15) is 5.69 Å². The van der Waals surface area contributed by atoms with Crippen molar-refractivity contribution in [2.75, 3.05) is 0 Å². The maximum atomic E-state index is 10.8. The number of benzene rings is 2. The molecule has 26 heavy (non-hydrogen) atoms. The number of aromatic carboxylic acids is 1. The minimum absolute atomic E-state index is 0. The van der Waals surface area contributed by atoms with Gasteiger partial charge in [-0.05, 0) is 35.2 Å². The Morgan fingerprint density at radius 3 is 1.73 bits per heavy atom. The Balaban J connectivity index is 0.000000241. The Labute approximate surface area is 178 Å². The van der Waals surface area contributed by atoms with Crippen molar-refractivity contribution in [2.24, 2.45) is 5.73 Å². The van der Waals surface area contributed by atoms with Crippen LogP contribution in [0.1, 0.15) is 21.0 Å². The van der Waals surface area contributed by atoms with E-state index in [1.165, 1.54) is 23.1 Å². The fourth-order valence-electron chi connectivity index (χ4n) is 2.10. The molecule has 0 radical (unpaired) electrons. The fourth-order valence-corrected chi connectivity index (χ4v) is 3.65. The van der Waals surface area contributed by atoms with Gasteiger partial charge in [0, 0.05) is 10.8 Å². The molecule has 0 saturated carbocycles. The summed E-state index contributed by atoms with van der Waals surface area (Å²) in [6, 6.07) is 14.8. The van der Waals surface area contributed by atoms with Crippen LogP contribution in [0, 0.1) is 0 Å². The molecule has 0 aliphatic heterocycles. The van der Waals surface area contributed by atoms with E-state index < -0.39 is 11.9 Å². The van der Waals surface area contributed by atoms with Gasteiger partial charge < -0.3 is 16.3 Å². The summed E-state index contributed by atoms with van der Waals surface area (Å²) in [6.45, 7) is 0. The van der Waals surface area contributed by atoms with Gasteiger partial charge in [-0.2, -0.15) is 8.75 Å². The number of aromatic nitrogens is 2. The summed E-state index contributed by atoms with van der Waals surface area (Å²) >= 11 is 2.50. The van der Waals surface area contributed by atoms with Crippen LogP contribution in [0.2, 0.25) is 0 Å². The summed E-state index contributed by atoms with van der Waals surface area (Å²) < 4.78 is 9.70. The second kappa shape index (κ2) is 9.72. The van der Waals surface area contributed by atoms with E-state index in [9.17, 15) is 9.59 Å². The topological polar surface area (TPSA) is 136 Å². The normalized spacial score (nSPS) is 9.54. The number of carboxylic acid groups (broad SMARTS) is 1. The molecule has 10 heteroatoms. The van der Waals surface area contributed by atoms with Crippen LogP contribution < -0.4 is 35.3 Å². The first-order valence-corrected chi connectivity index (χ1v) is 8.34. The first-order chi connectivity index (χ1) is 11.6. The first kappa shape index (κ1) is 22.2. The van der Waals surface area contributed by atoms with Gasteiger partial charge in [0.2, 0.25) is 0 Å². The van der Waals surface area contributed by atoms with Crippen molar-refractivity contribution < 1.29 is 49.7 Å². The van der Waals surface area contributed by atoms with Crippen LogP contribution in [0.3, 0.4) is 0 Å². The summed E-state index contributed by atoms with van der Waals surface area (Å²) in [4.78, 5) is 21.5. The van der Waals surface area contributed by atoms with Crippen molar-refractivity contribution in [3.8, 4) is 0 Å². The third kappa shape index (κ3) is 4.64. The molecule has 2 heterocycles. The number of rotatable bonds is 2. The van der Waals surface area contributed by atoms with E-state index in [2.05, 4.69) is 8.75 Å². The van der Waals surface area contributed by atoms with E-state index >= 15 is 0 Å². The van der Waals surface area contributed by atoms with Gasteiger partial charge in [-0.25, -0.2) is 4.79 Å². The Hall–Kier alpha value is -1.88. The molecule has 0 atom stereocenters. The average Bonchev–Trinajstić information content (AvgIpc) is 3.19. The standard InChI is InChI=1S/C8H6N2OS.C8H5NO2S.Na.H2O/c9-8(11)7-5-3-1-2-4-6(5)12-10-7;10-8(11)7-5-3-1-2-4-6(5)12-9-7;;/h1-4H,(H2,9,11);1-4H,(H,10,11);;1H2/q;;+1;/p-1. The monoisotopic (exact) mass is 397 g/mol. The fraction of sp³-hybridized carbons (Fsp3) is 0. The molecule has 0 aliphatic carbocycles. The Bertz CT molecular complexity index is 964. The van der Waals surface area contributed by atoms with E-state index in [1.54, 1.807) is 6.07 Å². The molecule has 0 unspecified atom stereocenters. The number of fused-ring (bicyclic) bond motifs is 2. The number of hydrogen-bond donors (Lipinski definition) is 2. The van der Waals surface area contributed by atoms with Crippen LogP contribution in [0.5, 0.6) is 0 Å². The largest absolute Gasteiger partial charge is 1.00 e. The van der Waals surface area contributed by atoms with Crippen LogP contribution in [-0.2, 0) is 0 Å². The van der Waals surface area contributed by atoms with E-state index in [-0.39, 0.29) is 40.7 Å². The number of primary amides is 1. The number of carbonyl (C=O) groups is 2. The van der Waals surface area contributed by atoms with Gasteiger partial charge >= 0.3 is 35.5 Å². The molecule has 0 fully saturated rings. The molecular formula is C16H12N3NaO4S2. The van der Waals surface area contributed by atoms with Gasteiger partial charge in [-0.1, -0.05) is 36.4 Å². The van der Waals surface area contributed by atoms with Gasteiger partial charge in [-0.15, -0.1) is 0 Å². The summed E-state index contributed by atoms with van der Waals surface area (Å²) in [6.07, 6.45) is 0. The molecule has 4 rings (SSSR count). The Morgan fingerprint density at radius 2 is 1.27 bits per heavy atom. The van der Waals surface area contributed by atoms with Gasteiger partial charge in [0.25, 0.3) is 5.91 Å². The minimum atomic E-state index is -0.965. The maximum Gasteiger partial charge on any atom is 1.00 e. The zero-order valence-corrected chi connectivity index (χ0v) is 17.3. The summed E-state index contributed by atoms with van der Waals surface area (Å²) in [5.41, 5.74) is 5.65. The minimum Gasteiger partial charge on any atom is -0.870 e. The molecular weight excluding hydrogens is 385 g/mol. The van der Waals surface area contributed by atoms with Crippen molar-refractivity contribution >= 4 is 55.1 Å². The summed E-state index contributed by atoms with van der Waals surface area (Å²) in [5, 5.41) is 10.3.